The molecule has 0 fully saturated rings. The van der Waals surface area contributed by atoms with Crippen molar-refractivity contribution in [1.29, 1.82) is 0 Å². The van der Waals surface area contributed by atoms with Gasteiger partial charge in [0.2, 0.25) is 0 Å². The predicted molar refractivity (Wildman–Crippen MR) is 106 cm³/mol. The molecule has 1 N–H and O–H groups in total. The summed E-state index contributed by atoms with van der Waals surface area (Å²) in [7, 11) is 3.14. The number of anilines is 1. The SMILES string of the molecule is COc1ccc(OC)c(-c2csc(NC(=O)c3ccc([N+](=O)[O-])c(C)c3)n2)c1. The number of nitrogens with zero attached hydrogens (tertiary/aromatic N) is 2. The molecular weight excluding hydrogens is 382 g/mol. The quantitative estimate of drug-likeness (QED) is 0.490. The number of nitro benzene ring substituents is 1. The maximum atomic E-state index is 12.5. The lowest BCUT2D eigenvalue weighted by atomic mass is 10.1. The van der Waals surface area contributed by atoms with E-state index in [4.69, 9.17) is 9.47 Å². The number of rotatable bonds is 6. The molecule has 0 aliphatic heterocycles. The van der Waals surface area contributed by atoms with Crippen LogP contribution in [0.4, 0.5) is 10.8 Å². The molecule has 1 amide bonds. The molecule has 0 radical (unpaired) electrons. The van der Waals surface area contributed by atoms with Gasteiger partial charge in [0.1, 0.15) is 11.5 Å². The van der Waals surface area contributed by atoms with Gasteiger partial charge in [-0.1, -0.05) is 0 Å². The monoisotopic (exact) mass is 399 g/mol. The number of thiazole rings is 1. The Hall–Kier alpha value is -3.46. The maximum absolute atomic E-state index is 12.5. The first kappa shape index (κ1) is 19.3. The van der Waals surface area contributed by atoms with Crippen molar-refractivity contribution in [2.24, 2.45) is 0 Å². The Bertz CT molecular complexity index is 1050. The highest BCUT2D eigenvalue weighted by Gasteiger charge is 2.16. The van der Waals surface area contributed by atoms with Crippen molar-refractivity contribution in [3.63, 3.8) is 0 Å². The molecule has 8 nitrogen and oxygen atoms in total. The van der Waals surface area contributed by atoms with Crippen molar-refractivity contribution < 1.29 is 19.2 Å². The molecular formula is C19H17N3O5S. The van der Waals surface area contributed by atoms with E-state index in [1.807, 2.05) is 0 Å². The fourth-order valence-corrected chi connectivity index (χ4v) is 3.35. The van der Waals surface area contributed by atoms with Gasteiger partial charge >= 0.3 is 0 Å². The first-order valence-corrected chi connectivity index (χ1v) is 9.05. The van der Waals surface area contributed by atoms with Crippen LogP contribution in [-0.2, 0) is 0 Å². The van der Waals surface area contributed by atoms with Crippen molar-refractivity contribution in [2.75, 3.05) is 19.5 Å². The van der Waals surface area contributed by atoms with Gasteiger partial charge in [0.25, 0.3) is 11.6 Å². The fourth-order valence-electron chi connectivity index (χ4n) is 2.64. The van der Waals surface area contributed by atoms with Crippen LogP contribution in [0.25, 0.3) is 11.3 Å². The number of aromatic nitrogens is 1. The minimum absolute atomic E-state index is 0.0294. The molecule has 0 aliphatic carbocycles. The lowest BCUT2D eigenvalue weighted by molar-refractivity contribution is -0.385. The Balaban J connectivity index is 1.83. The molecule has 0 bridgehead atoms. The number of carbonyl (C=O) groups excluding carboxylic acids is 1. The summed E-state index contributed by atoms with van der Waals surface area (Å²) < 4.78 is 10.6. The molecule has 0 spiro atoms. The van der Waals surface area contributed by atoms with E-state index >= 15 is 0 Å². The number of nitrogens with one attached hydrogen (secondary N) is 1. The Labute approximate surface area is 164 Å². The second-order valence-corrected chi connectivity index (χ2v) is 6.67. The van der Waals surface area contributed by atoms with Gasteiger partial charge in [-0.2, -0.15) is 0 Å². The molecule has 1 heterocycles. The van der Waals surface area contributed by atoms with E-state index < -0.39 is 10.8 Å². The lowest BCUT2D eigenvalue weighted by Crippen LogP contribution is -2.12. The summed E-state index contributed by atoms with van der Waals surface area (Å²) in [6, 6.07) is 9.59. The third kappa shape index (κ3) is 3.94. The predicted octanol–water partition coefficient (Wildman–Crippen LogP) is 4.30. The van der Waals surface area contributed by atoms with Crippen molar-refractivity contribution in [1.82, 2.24) is 4.98 Å². The van der Waals surface area contributed by atoms with Crippen molar-refractivity contribution in [3.05, 3.63) is 63.0 Å². The summed E-state index contributed by atoms with van der Waals surface area (Å²) in [6.45, 7) is 1.59. The summed E-state index contributed by atoms with van der Waals surface area (Å²) in [5, 5.41) is 15.8. The second kappa shape index (κ2) is 8.05. The van der Waals surface area contributed by atoms with Crippen LogP contribution < -0.4 is 14.8 Å². The van der Waals surface area contributed by atoms with Gasteiger partial charge in [0.05, 0.1) is 24.8 Å². The smallest absolute Gasteiger partial charge is 0.272 e. The zero-order valence-electron chi connectivity index (χ0n) is 15.4. The normalized spacial score (nSPS) is 10.4. The minimum atomic E-state index is -0.481. The molecule has 3 aromatic rings. The third-order valence-electron chi connectivity index (χ3n) is 4.06. The van der Waals surface area contributed by atoms with Crippen molar-refractivity contribution in [2.45, 2.75) is 6.92 Å². The average Bonchev–Trinajstić information content (AvgIpc) is 3.15. The average molecular weight is 399 g/mol. The van der Waals surface area contributed by atoms with E-state index in [9.17, 15) is 14.9 Å². The van der Waals surface area contributed by atoms with Crippen molar-refractivity contribution in [3.8, 4) is 22.8 Å². The van der Waals surface area contributed by atoms with Crippen LogP contribution in [0.1, 0.15) is 15.9 Å². The number of hydrogen-bond donors (Lipinski definition) is 1. The van der Waals surface area contributed by atoms with Crippen LogP contribution >= 0.6 is 11.3 Å². The van der Waals surface area contributed by atoms with E-state index in [-0.39, 0.29) is 5.69 Å². The van der Waals surface area contributed by atoms with Crippen LogP contribution in [0, 0.1) is 17.0 Å². The minimum Gasteiger partial charge on any atom is -0.497 e. The van der Waals surface area contributed by atoms with E-state index in [0.29, 0.717) is 33.5 Å². The Kier molecular flexibility index (Phi) is 5.55. The highest BCUT2D eigenvalue weighted by atomic mass is 32.1. The maximum Gasteiger partial charge on any atom is 0.272 e. The van der Waals surface area contributed by atoms with Crippen LogP contribution in [0.5, 0.6) is 11.5 Å². The zero-order valence-corrected chi connectivity index (χ0v) is 16.2. The number of nitro groups is 1. The molecule has 144 valence electrons. The van der Waals surface area contributed by atoms with Gasteiger partial charge in [-0.25, -0.2) is 4.98 Å². The van der Waals surface area contributed by atoms with Gasteiger partial charge in [-0.15, -0.1) is 11.3 Å². The summed E-state index contributed by atoms with van der Waals surface area (Å²) >= 11 is 1.26. The summed E-state index contributed by atoms with van der Waals surface area (Å²) in [5.41, 5.74) is 2.08. The van der Waals surface area contributed by atoms with Crippen LogP contribution in [0.15, 0.2) is 41.8 Å². The molecule has 0 unspecified atom stereocenters. The molecule has 0 saturated carbocycles. The topological polar surface area (TPSA) is 104 Å². The number of benzene rings is 2. The first-order chi connectivity index (χ1) is 13.4. The van der Waals surface area contributed by atoms with Crippen LogP contribution in [0.2, 0.25) is 0 Å². The number of carbonyl (C=O) groups is 1. The van der Waals surface area contributed by atoms with Gasteiger partial charge < -0.3 is 9.47 Å². The highest BCUT2D eigenvalue weighted by Crippen LogP contribution is 2.35. The Morgan fingerprint density at radius 2 is 1.96 bits per heavy atom. The Morgan fingerprint density at radius 3 is 2.61 bits per heavy atom. The van der Waals surface area contributed by atoms with Gasteiger partial charge in [-0.3, -0.25) is 20.2 Å². The number of hydrogen-bond acceptors (Lipinski definition) is 7. The molecule has 3 rings (SSSR count). The molecule has 2 aromatic carbocycles. The first-order valence-electron chi connectivity index (χ1n) is 8.17. The summed E-state index contributed by atoms with van der Waals surface area (Å²) in [4.78, 5) is 27.3. The van der Waals surface area contributed by atoms with E-state index in [0.717, 1.165) is 5.56 Å². The number of aryl methyl sites for hydroxylation is 1. The Morgan fingerprint density at radius 1 is 1.18 bits per heavy atom. The largest absolute Gasteiger partial charge is 0.497 e. The van der Waals surface area contributed by atoms with Crippen molar-refractivity contribution >= 4 is 28.1 Å². The fraction of sp³-hybridized carbons (Fsp3) is 0.158. The highest BCUT2D eigenvalue weighted by molar-refractivity contribution is 7.14. The molecule has 28 heavy (non-hydrogen) atoms. The third-order valence-corrected chi connectivity index (χ3v) is 4.82. The number of methoxy groups -OCH3 is 2. The van der Waals surface area contributed by atoms with Gasteiger partial charge in [0, 0.05) is 28.1 Å². The molecule has 0 aliphatic rings. The number of ether oxygens (including phenoxy) is 2. The van der Waals surface area contributed by atoms with Crippen LogP contribution in [-0.4, -0.2) is 30.0 Å². The lowest BCUT2D eigenvalue weighted by Gasteiger charge is -2.08. The summed E-state index contributed by atoms with van der Waals surface area (Å²) in [6.07, 6.45) is 0. The molecule has 1 aromatic heterocycles. The van der Waals surface area contributed by atoms with E-state index in [2.05, 4.69) is 10.3 Å². The zero-order chi connectivity index (χ0) is 20.3. The number of amides is 1. The second-order valence-electron chi connectivity index (χ2n) is 5.82. The molecule has 0 saturated heterocycles. The standard InChI is InChI=1S/C19H17N3O5S/c1-11-8-12(4-6-16(11)22(24)25)18(23)21-19-20-15(10-28-19)14-9-13(26-2)5-7-17(14)27-3/h4-10H,1-3H3,(H,20,21,23). The van der Waals surface area contributed by atoms with Gasteiger partial charge in [0.15, 0.2) is 5.13 Å². The van der Waals surface area contributed by atoms with Crippen LogP contribution in [0.3, 0.4) is 0 Å². The molecule has 9 heteroatoms. The summed E-state index contributed by atoms with van der Waals surface area (Å²) in [5.74, 6) is 0.905. The molecule has 0 atom stereocenters. The van der Waals surface area contributed by atoms with Gasteiger partial charge in [-0.05, 0) is 37.3 Å². The van der Waals surface area contributed by atoms with E-state index in [1.165, 1.54) is 29.5 Å². The van der Waals surface area contributed by atoms with E-state index in [1.54, 1.807) is 44.7 Å².